The van der Waals surface area contributed by atoms with E-state index in [1.54, 1.807) is 18.6 Å². The second-order valence-electron chi connectivity index (χ2n) is 3.47. The third-order valence-electron chi connectivity index (χ3n) is 2.19. The quantitative estimate of drug-likeness (QED) is 0.831. The van der Waals surface area contributed by atoms with E-state index in [-0.39, 0.29) is 5.82 Å². The van der Waals surface area contributed by atoms with Crippen LogP contribution in [-0.4, -0.2) is 0 Å². The Balaban J connectivity index is 2.05. The molecule has 0 aliphatic rings. The molecular weight excluding hydrogens is 193 g/mol. The highest BCUT2D eigenvalue weighted by Crippen LogP contribution is 2.16. The van der Waals surface area contributed by atoms with Gasteiger partial charge in [0, 0.05) is 12.1 Å². The van der Waals surface area contributed by atoms with E-state index in [0.717, 1.165) is 11.1 Å². The van der Waals surface area contributed by atoms with E-state index in [4.69, 9.17) is 4.42 Å². The van der Waals surface area contributed by atoms with Gasteiger partial charge < -0.3 is 9.73 Å². The molecule has 15 heavy (non-hydrogen) atoms. The molecule has 3 heteroatoms. The molecule has 0 atom stereocenters. The van der Waals surface area contributed by atoms with Crippen molar-refractivity contribution in [1.29, 1.82) is 0 Å². The Bertz CT molecular complexity index is 437. The van der Waals surface area contributed by atoms with E-state index in [9.17, 15) is 4.39 Å². The zero-order valence-corrected chi connectivity index (χ0v) is 8.46. The summed E-state index contributed by atoms with van der Waals surface area (Å²) in [6.45, 7) is 2.43. The van der Waals surface area contributed by atoms with Crippen LogP contribution in [0.3, 0.4) is 0 Å². The number of hydrogen-bond acceptors (Lipinski definition) is 2. The number of furan rings is 1. The van der Waals surface area contributed by atoms with Crippen LogP contribution in [0.4, 0.5) is 10.1 Å². The molecule has 1 aromatic heterocycles. The Labute approximate surface area is 87.7 Å². The van der Waals surface area contributed by atoms with Gasteiger partial charge >= 0.3 is 0 Å². The highest BCUT2D eigenvalue weighted by molar-refractivity contribution is 5.46. The van der Waals surface area contributed by atoms with Crippen molar-refractivity contribution in [1.82, 2.24) is 0 Å². The smallest absolute Gasteiger partial charge is 0.146 e. The topological polar surface area (TPSA) is 25.2 Å². The van der Waals surface area contributed by atoms with Gasteiger partial charge in [0.1, 0.15) is 5.82 Å². The third-order valence-corrected chi connectivity index (χ3v) is 2.19. The fraction of sp³-hybridized carbons (Fsp3) is 0.167. The Morgan fingerprint density at radius 2 is 2.20 bits per heavy atom. The van der Waals surface area contributed by atoms with Gasteiger partial charge in [-0.25, -0.2) is 4.39 Å². The number of benzene rings is 1. The summed E-state index contributed by atoms with van der Waals surface area (Å²) >= 11 is 0. The van der Waals surface area contributed by atoms with Crippen molar-refractivity contribution in [3.05, 3.63) is 53.7 Å². The minimum absolute atomic E-state index is 0.224. The summed E-state index contributed by atoms with van der Waals surface area (Å²) < 4.78 is 18.3. The minimum Gasteiger partial charge on any atom is -0.472 e. The van der Waals surface area contributed by atoms with Crippen LogP contribution in [-0.2, 0) is 6.54 Å². The minimum atomic E-state index is -0.224. The molecule has 0 bridgehead atoms. The summed E-state index contributed by atoms with van der Waals surface area (Å²) in [4.78, 5) is 0. The molecule has 0 spiro atoms. The largest absolute Gasteiger partial charge is 0.472 e. The monoisotopic (exact) mass is 205 g/mol. The first-order valence-corrected chi connectivity index (χ1v) is 4.77. The molecule has 0 unspecified atom stereocenters. The molecule has 0 saturated carbocycles. The molecular formula is C12H12FNO. The highest BCUT2D eigenvalue weighted by Gasteiger charge is 2.01. The van der Waals surface area contributed by atoms with E-state index >= 15 is 0 Å². The van der Waals surface area contributed by atoms with Crippen molar-refractivity contribution in [3.8, 4) is 0 Å². The Hall–Kier alpha value is -1.77. The van der Waals surface area contributed by atoms with E-state index in [1.807, 2.05) is 19.1 Å². The van der Waals surface area contributed by atoms with Gasteiger partial charge in [0.2, 0.25) is 0 Å². The van der Waals surface area contributed by atoms with Crippen LogP contribution in [0.1, 0.15) is 11.1 Å². The van der Waals surface area contributed by atoms with Crippen molar-refractivity contribution in [2.45, 2.75) is 13.5 Å². The maximum atomic E-state index is 13.4. The Morgan fingerprint density at radius 1 is 1.33 bits per heavy atom. The molecule has 1 heterocycles. The molecule has 2 rings (SSSR count). The maximum absolute atomic E-state index is 13.4. The predicted octanol–water partition coefficient (Wildman–Crippen LogP) is 3.34. The lowest BCUT2D eigenvalue weighted by molar-refractivity contribution is 0.564. The third kappa shape index (κ3) is 2.37. The standard InChI is InChI=1S/C12H12FNO/c1-9-2-3-12(11(13)6-9)14-7-10-4-5-15-8-10/h2-6,8,14H,7H2,1H3. The van der Waals surface area contributed by atoms with Crippen LogP contribution in [0.25, 0.3) is 0 Å². The molecule has 0 aliphatic carbocycles. The van der Waals surface area contributed by atoms with Crippen molar-refractivity contribution >= 4 is 5.69 Å². The molecule has 78 valence electrons. The first-order chi connectivity index (χ1) is 7.25. The Morgan fingerprint density at radius 3 is 2.87 bits per heavy atom. The predicted molar refractivity (Wildman–Crippen MR) is 57.2 cm³/mol. The average Bonchev–Trinajstić information content (AvgIpc) is 2.69. The van der Waals surface area contributed by atoms with Crippen LogP contribution in [0, 0.1) is 12.7 Å². The number of halogens is 1. The van der Waals surface area contributed by atoms with Gasteiger partial charge in [-0.1, -0.05) is 6.07 Å². The van der Waals surface area contributed by atoms with Crippen LogP contribution < -0.4 is 5.32 Å². The fourth-order valence-corrected chi connectivity index (χ4v) is 1.35. The van der Waals surface area contributed by atoms with Crippen LogP contribution in [0.15, 0.2) is 41.2 Å². The second-order valence-corrected chi connectivity index (χ2v) is 3.47. The summed E-state index contributed by atoms with van der Waals surface area (Å²) in [7, 11) is 0. The number of hydrogen-bond donors (Lipinski definition) is 1. The lowest BCUT2D eigenvalue weighted by Gasteiger charge is -2.06. The summed E-state index contributed by atoms with van der Waals surface area (Å²) in [5.74, 6) is -0.224. The van der Waals surface area contributed by atoms with Gasteiger partial charge in [-0.15, -0.1) is 0 Å². The van der Waals surface area contributed by atoms with Gasteiger partial charge in [-0.3, -0.25) is 0 Å². The van der Waals surface area contributed by atoms with Crippen molar-refractivity contribution < 1.29 is 8.81 Å². The molecule has 0 aliphatic heterocycles. The summed E-state index contributed by atoms with van der Waals surface area (Å²) in [6.07, 6.45) is 3.24. The van der Waals surface area contributed by atoms with Crippen LogP contribution in [0.2, 0.25) is 0 Å². The van der Waals surface area contributed by atoms with Crippen LogP contribution in [0.5, 0.6) is 0 Å². The lowest BCUT2D eigenvalue weighted by Crippen LogP contribution is -2.00. The number of anilines is 1. The zero-order valence-electron chi connectivity index (χ0n) is 8.46. The fourth-order valence-electron chi connectivity index (χ4n) is 1.35. The van der Waals surface area contributed by atoms with E-state index in [2.05, 4.69) is 5.32 Å². The first-order valence-electron chi connectivity index (χ1n) is 4.77. The molecule has 1 aromatic carbocycles. The SMILES string of the molecule is Cc1ccc(NCc2ccoc2)c(F)c1. The van der Waals surface area contributed by atoms with Crippen molar-refractivity contribution in [2.75, 3.05) is 5.32 Å². The second kappa shape index (κ2) is 4.17. The normalized spacial score (nSPS) is 10.3. The number of nitrogens with one attached hydrogen (secondary N) is 1. The maximum Gasteiger partial charge on any atom is 0.146 e. The molecule has 0 radical (unpaired) electrons. The summed E-state index contributed by atoms with van der Waals surface area (Å²) in [5.41, 5.74) is 2.43. The van der Waals surface area contributed by atoms with Gasteiger partial charge in [-0.2, -0.15) is 0 Å². The molecule has 0 fully saturated rings. The van der Waals surface area contributed by atoms with E-state index in [0.29, 0.717) is 12.2 Å². The van der Waals surface area contributed by atoms with Crippen molar-refractivity contribution in [3.63, 3.8) is 0 Å². The lowest BCUT2D eigenvalue weighted by atomic mass is 10.2. The molecule has 2 aromatic rings. The molecule has 0 saturated heterocycles. The number of aryl methyl sites for hydroxylation is 1. The first kappa shape index (κ1) is 9.77. The van der Waals surface area contributed by atoms with Gasteiger partial charge in [0.15, 0.2) is 0 Å². The summed E-state index contributed by atoms with van der Waals surface area (Å²) in [5, 5.41) is 3.01. The van der Waals surface area contributed by atoms with E-state index in [1.165, 1.54) is 6.07 Å². The van der Waals surface area contributed by atoms with Gasteiger partial charge in [-0.05, 0) is 30.7 Å². The van der Waals surface area contributed by atoms with Gasteiger partial charge in [0.25, 0.3) is 0 Å². The highest BCUT2D eigenvalue weighted by atomic mass is 19.1. The molecule has 2 nitrogen and oxygen atoms in total. The summed E-state index contributed by atoms with van der Waals surface area (Å²) in [6, 6.07) is 6.97. The van der Waals surface area contributed by atoms with E-state index < -0.39 is 0 Å². The molecule has 1 N–H and O–H groups in total. The zero-order chi connectivity index (χ0) is 10.7. The Kier molecular flexibility index (Phi) is 2.72. The number of rotatable bonds is 3. The van der Waals surface area contributed by atoms with Crippen molar-refractivity contribution in [2.24, 2.45) is 0 Å². The molecule has 0 amide bonds. The average molecular weight is 205 g/mol. The van der Waals surface area contributed by atoms with Gasteiger partial charge in [0.05, 0.1) is 18.2 Å². The van der Waals surface area contributed by atoms with Crippen LogP contribution >= 0.6 is 0 Å².